The van der Waals surface area contributed by atoms with E-state index in [1.807, 2.05) is 7.05 Å². The summed E-state index contributed by atoms with van der Waals surface area (Å²) < 4.78 is 2.37. The molecule has 1 aromatic heterocycles. The average Bonchev–Trinajstić information content (AvgIpc) is 2.50. The van der Waals surface area contributed by atoms with Crippen LogP contribution in [-0.2, 0) is 12.6 Å². The zero-order valence-corrected chi connectivity index (χ0v) is 13.9. The number of hydrogen-bond acceptors (Lipinski definition) is 3. The molecule has 4 nitrogen and oxygen atoms in total. The molecule has 1 heterocycles. The number of halogens is 1. The number of rotatable bonds is 1. The molecule has 108 valence electrons. The summed E-state index contributed by atoms with van der Waals surface area (Å²) in [6, 6.07) is 0. The highest BCUT2D eigenvalue weighted by Gasteiger charge is 2.39. The summed E-state index contributed by atoms with van der Waals surface area (Å²) in [5.74, 6) is 0.668. The predicted octanol–water partition coefficient (Wildman–Crippen LogP) is 3.39. The van der Waals surface area contributed by atoms with Crippen LogP contribution in [0, 0.1) is 11.3 Å². The Kier molecular flexibility index (Phi) is 4.07. The largest absolute Gasteiger partial charge is 0.383 e. The van der Waals surface area contributed by atoms with Crippen molar-refractivity contribution in [3.8, 4) is 0 Å². The first-order chi connectivity index (χ1) is 8.74. The maximum atomic E-state index is 11.0. The van der Waals surface area contributed by atoms with Gasteiger partial charge in [-0.1, -0.05) is 26.0 Å². The van der Waals surface area contributed by atoms with E-state index in [0.29, 0.717) is 15.9 Å². The number of hydrogen-bond donors (Lipinski definition) is 1. The van der Waals surface area contributed by atoms with E-state index >= 15 is 0 Å². The summed E-state index contributed by atoms with van der Waals surface area (Å²) in [6.45, 7) is 6.89. The zero-order valence-electron chi connectivity index (χ0n) is 12.3. The predicted molar refractivity (Wildman–Crippen MR) is 78.6 cm³/mol. The second-order valence-electron chi connectivity index (χ2n) is 6.88. The third-order valence-corrected chi connectivity index (χ3v) is 5.03. The third kappa shape index (κ3) is 3.02. The topological polar surface area (TPSA) is 50.9 Å². The van der Waals surface area contributed by atoms with Gasteiger partial charge in [-0.15, -0.1) is 5.10 Å². The highest BCUT2D eigenvalue weighted by atomic mass is 79.9. The van der Waals surface area contributed by atoms with Crippen molar-refractivity contribution in [2.75, 3.05) is 0 Å². The van der Waals surface area contributed by atoms with Gasteiger partial charge >= 0.3 is 0 Å². The summed E-state index contributed by atoms with van der Waals surface area (Å²) in [5.41, 5.74) is 0.339. The smallest absolute Gasteiger partial charge is 0.154 e. The SMILES string of the molecule is Cn1nnc(Br)c1C1(O)CCCC(C(C)(C)C)CC1. The minimum Gasteiger partial charge on any atom is -0.383 e. The lowest BCUT2D eigenvalue weighted by molar-refractivity contribution is 0.00949. The fourth-order valence-electron chi connectivity index (χ4n) is 3.25. The molecule has 1 aliphatic carbocycles. The molecule has 0 radical (unpaired) electrons. The monoisotopic (exact) mass is 329 g/mol. The summed E-state index contributed by atoms with van der Waals surface area (Å²) in [4.78, 5) is 0. The minimum absolute atomic E-state index is 0.313. The van der Waals surface area contributed by atoms with E-state index in [4.69, 9.17) is 0 Å². The quantitative estimate of drug-likeness (QED) is 0.803. The Morgan fingerprint density at radius 3 is 2.53 bits per heavy atom. The van der Waals surface area contributed by atoms with Crippen molar-refractivity contribution >= 4 is 15.9 Å². The van der Waals surface area contributed by atoms with Gasteiger partial charge in [0, 0.05) is 7.05 Å². The van der Waals surface area contributed by atoms with Gasteiger partial charge in [-0.3, -0.25) is 0 Å². The van der Waals surface area contributed by atoms with Crippen molar-refractivity contribution in [1.29, 1.82) is 0 Å². The van der Waals surface area contributed by atoms with Crippen LogP contribution >= 0.6 is 15.9 Å². The number of aliphatic hydroxyl groups is 1. The minimum atomic E-state index is -0.795. The van der Waals surface area contributed by atoms with Crippen LogP contribution in [0.4, 0.5) is 0 Å². The van der Waals surface area contributed by atoms with E-state index in [2.05, 4.69) is 47.0 Å². The molecule has 1 fully saturated rings. The Labute approximate surface area is 123 Å². The highest BCUT2D eigenvalue weighted by molar-refractivity contribution is 9.10. The van der Waals surface area contributed by atoms with E-state index in [-0.39, 0.29) is 0 Å². The van der Waals surface area contributed by atoms with Crippen LogP contribution in [0.15, 0.2) is 4.60 Å². The van der Waals surface area contributed by atoms with Gasteiger partial charge in [0.05, 0.1) is 0 Å². The standard InChI is InChI=1S/C14H24BrN3O/c1-13(2,3)10-6-5-8-14(19,9-7-10)11-12(15)16-17-18(11)4/h10,19H,5-9H2,1-4H3. The number of nitrogens with zero attached hydrogens (tertiary/aromatic N) is 3. The Bertz CT molecular complexity index is 433. The van der Waals surface area contributed by atoms with Crippen molar-refractivity contribution in [1.82, 2.24) is 15.0 Å². The van der Waals surface area contributed by atoms with Crippen molar-refractivity contribution in [3.63, 3.8) is 0 Å². The molecule has 0 spiro atoms. The first-order valence-corrected chi connectivity index (χ1v) is 7.81. The van der Waals surface area contributed by atoms with Crippen molar-refractivity contribution in [2.45, 2.75) is 58.5 Å². The fourth-order valence-corrected chi connectivity index (χ4v) is 3.95. The lowest BCUT2D eigenvalue weighted by Crippen LogP contribution is -2.29. The van der Waals surface area contributed by atoms with Crippen LogP contribution in [0.5, 0.6) is 0 Å². The van der Waals surface area contributed by atoms with Crippen molar-refractivity contribution in [2.24, 2.45) is 18.4 Å². The van der Waals surface area contributed by atoms with E-state index in [1.165, 1.54) is 6.42 Å². The summed E-state index contributed by atoms with van der Waals surface area (Å²) in [7, 11) is 1.84. The molecular weight excluding hydrogens is 306 g/mol. The molecule has 2 unspecified atom stereocenters. The van der Waals surface area contributed by atoms with Gasteiger partial charge in [-0.05, 0) is 59.4 Å². The van der Waals surface area contributed by atoms with Gasteiger partial charge in [-0.25, -0.2) is 4.68 Å². The van der Waals surface area contributed by atoms with Crippen LogP contribution in [-0.4, -0.2) is 20.1 Å². The maximum absolute atomic E-state index is 11.0. The molecule has 0 aliphatic heterocycles. The summed E-state index contributed by atoms with van der Waals surface area (Å²) in [6.07, 6.45) is 4.87. The molecule has 19 heavy (non-hydrogen) atoms. The molecule has 5 heteroatoms. The van der Waals surface area contributed by atoms with Crippen LogP contribution in [0.1, 0.15) is 58.6 Å². The molecule has 1 aromatic rings. The molecular formula is C14H24BrN3O. The van der Waals surface area contributed by atoms with Gasteiger partial charge in [0.2, 0.25) is 0 Å². The lowest BCUT2D eigenvalue weighted by atomic mass is 9.76. The second-order valence-corrected chi connectivity index (χ2v) is 7.63. The molecule has 0 amide bonds. The van der Waals surface area contributed by atoms with Crippen LogP contribution in [0.2, 0.25) is 0 Å². The van der Waals surface area contributed by atoms with Gasteiger partial charge in [0.1, 0.15) is 11.3 Å². The Morgan fingerprint density at radius 2 is 2.00 bits per heavy atom. The second kappa shape index (κ2) is 5.17. The van der Waals surface area contributed by atoms with Crippen LogP contribution in [0.3, 0.4) is 0 Å². The first kappa shape index (κ1) is 15.0. The molecule has 2 atom stereocenters. The molecule has 0 saturated heterocycles. The normalized spacial score (nSPS) is 29.3. The van der Waals surface area contributed by atoms with Gasteiger partial charge < -0.3 is 5.11 Å². The molecule has 1 aliphatic rings. The molecule has 0 bridgehead atoms. The molecule has 1 saturated carbocycles. The Balaban J connectivity index is 2.23. The van der Waals surface area contributed by atoms with Gasteiger partial charge in [0.25, 0.3) is 0 Å². The van der Waals surface area contributed by atoms with E-state index < -0.39 is 5.60 Å². The van der Waals surface area contributed by atoms with E-state index in [1.54, 1.807) is 4.68 Å². The van der Waals surface area contributed by atoms with Crippen molar-refractivity contribution in [3.05, 3.63) is 10.3 Å². The first-order valence-electron chi connectivity index (χ1n) is 7.02. The van der Waals surface area contributed by atoms with E-state index in [0.717, 1.165) is 31.4 Å². The highest BCUT2D eigenvalue weighted by Crippen LogP contribution is 2.44. The van der Waals surface area contributed by atoms with Crippen molar-refractivity contribution < 1.29 is 5.11 Å². The maximum Gasteiger partial charge on any atom is 0.154 e. The summed E-state index contributed by atoms with van der Waals surface area (Å²) >= 11 is 3.41. The Hall–Kier alpha value is -0.420. The average molecular weight is 330 g/mol. The van der Waals surface area contributed by atoms with Gasteiger partial charge in [0.15, 0.2) is 4.60 Å². The fraction of sp³-hybridized carbons (Fsp3) is 0.857. The van der Waals surface area contributed by atoms with Gasteiger partial charge in [-0.2, -0.15) is 0 Å². The van der Waals surface area contributed by atoms with Crippen LogP contribution < -0.4 is 0 Å². The zero-order chi connectivity index (χ0) is 14.3. The summed E-state index contributed by atoms with van der Waals surface area (Å²) in [5, 5.41) is 19.0. The Morgan fingerprint density at radius 1 is 1.32 bits per heavy atom. The third-order valence-electron chi connectivity index (χ3n) is 4.50. The van der Waals surface area contributed by atoms with E-state index in [9.17, 15) is 5.11 Å². The molecule has 2 rings (SSSR count). The van der Waals surface area contributed by atoms with Crippen LogP contribution in [0.25, 0.3) is 0 Å². The lowest BCUT2D eigenvalue weighted by Gasteiger charge is -2.31. The molecule has 1 N–H and O–H groups in total. The number of aryl methyl sites for hydroxylation is 1. The number of aromatic nitrogens is 3. The molecule has 0 aromatic carbocycles.